The lowest BCUT2D eigenvalue weighted by atomic mass is 9.93. The first-order chi connectivity index (χ1) is 12.7. The van der Waals surface area contributed by atoms with Gasteiger partial charge in [0.15, 0.2) is 0 Å². The molecule has 1 aliphatic rings. The van der Waals surface area contributed by atoms with Gasteiger partial charge >= 0.3 is 6.03 Å². The van der Waals surface area contributed by atoms with Crippen LogP contribution in [0.25, 0.3) is 0 Å². The van der Waals surface area contributed by atoms with E-state index in [1.165, 1.54) is 0 Å². The molecule has 27 heavy (non-hydrogen) atoms. The van der Waals surface area contributed by atoms with E-state index in [0.29, 0.717) is 23.7 Å². The Morgan fingerprint density at radius 2 is 1.67 bits per heavy atom. The molecule has 142 valence electrons. The van der Waals surface area contributed by atoms with Gasteiger partial charge in [0.25, 0.3) is 0 Å². The molecule has 0 fully saturated rings. The number of anilines is 1. The van der Waals surface area contributed by atoms with Gasteiger partial charge in [-0.05, 0) is 44.0 Å². The van der Waals surface area contributed by atoms with E-state index in [2.05, 4.69) is 10.6 Å². The smallest absolute Gasteiger partial charge is 0.322 e. The highest BCUT2D eigenvalue weighted by Gasteiger charge is 2.36. The van der Waals surface area contributed by atoms with Gasteiger partial charge in [-0.3, -0.25) is 4.79 Å². The lowest BCUT2D eigenvalue weighted by Crippen LogP contribution is -2.56. The Kier molecular flexibility index (Phi) is 5.42. The summed E-state index contributed by atoms with van der Waals surface area (Å²) < 4.78 is 0. The zero-order valence-corrected chi connectivity index (χ0v) is 16.5. The first-order valence-electron chi connectivity index (χ1n) is 8.95. The Bertz CT molecular complexity index is 861. The lowest BCUT2D eigenvalue weighted by molar-refractivity contribution is -0.127. The predicted octanol–water partition coefficient (Wildman–Crippen LogP) is 4.21. The van der Waals surface area contributed by atoms with E-state index in [1.54, 1.807) is 29.2 Å². The Morgan fingerprint density at radius 3 is 2.33 bits per heavy atom. The standard InChI is InChI=1S/C21H24ClN3O2/c1-21(2,3)24-19(26)18-12-14-8-4-5-9-15(14)13-25(18)20(27)23-17-11-7-6-10-16(17)22/h4-11,18H,12-13H2,1-3H3,(H,23,27)(H,24,26)/t18-/m1/s1. The van der Waals surface area contributed by atoms with E-state index in [4.69, 9.17) is 11.6 Å². The third-order valence-electron chi connectivity index (χ3n) is 4.43. The van der Waals surface area contributed by atoms with Gasteiger partial charge in [-0.2, -0.15) is 0 Å². The third kappa shape index (κ3) is 4.61. The molecule has 1 atom stereocenters. The molecule has 0 unspecified atom stereocenters. The number of fused-ring (bicyclic) bond motifs is 1. The van der Waals surface area contributed by atoms with E-state index in [9.17, 15) is 9.59 Å². The zero-order valence-electron chi connectivity index (χ0n) is 15.8. The first-order valence-corrected chi connectivity index (χ1v) is 9.33. The Hall–Kier alpha value is -2.53. The van der Waals surface area contributed by atoms with Crippen molar-refractivity contribution in [1.82, 2.24) is 10.2 Å². The Balaban J connectivity index is 1.88. The van der Waals surface area contributed by atoms with Gasteiger partial charge in [0.05, 0.1) is 10.7 Å². The molecule has 0 bridgehead atoms. The van der Waals surface area contributed by atoms with Crippen LogP contribution in [0.15, 0.2) is 48.5 Å². The molecular formula is C21H24ClN3O2. The Labute approximate surface area is 164 Å². The van der Waals surface area contributed by atoms with Crippen LogP contribution in [0.2, 0.25) is 5.02 Å². The minimum absolute atomic E-state index is 0.161. The molecule has 6 heteroatoms. The maximum absolute atomic E-state index is 13.0. The van der Waals surface area contributed by atoms with Gasteiger partial charge in [0.2, 0.25) is 5.91 Å². The maximum Gasteiger partial charge on any atom is 0.322 e. The number of carbonyl (C=O) groups excluding carboxylic acids is 2. The van der Waals surface area contributed by atoms with Crippen LogP contribution in [0.1, 0.15) is 31.9 Å². The number of urea groups is 1. The number of rotatable bonds is 2. The largest absolute Gasteiger partial charge is 0.350 e. The van der Waals surface area contributed by atoms with Crippen LogP contribution in [0.5, 0.6) is 0 Å². The molecule has 0 saturated heterocycles. The van der Waals surface area contributed by atoms with E-state index >= 15 is 0 Å². The fourth-order valence-electron chi connectivity index (χ4n) is 3.17. The quantitative estimate of drug-likeness (QED) is 0.813. The molecule has 1 heterocycles. The first kappa shape index (κ1) is 19.2. The van der Waals surface area contributed by atoms with Gasteiger partial charge in [-0.1, -0.05) is 48.0 Å². The fourth-order valence-corrected chi connectivity index (χ4v) is 3.36. The summed E-state index contributed by atoms with van der Waals surface area (Å²) >= 11 is 6.16. The predicted molar refractivity (Wildman–Crippen MR) is 108 cm³/mol. The molecule has 2 N–H and O–H groups in total. The Morgan fingerprint density at radius 1 is 1.04 bits per heavy atom. The topological polar surface area (TPSA) is 61.4 Å². The summed E-state index contributed by atoms with van der Waals surface area (Å²) in [6.45, 7) is 6.15. The number of benzene rings is 2. The van der Waals surface area contributed by atoms with Gasteiger partial charge in [-0.25, -0.2) is 4.79 Å². The summed E-state index contributed by atoms with van der Waals surface area (Å²) in [6, 6.07) is 14.0. The second-order valence-corrected chi connectivity index (χ2v) is 8.17. The number of amides is 3. The summed E-state index contributed by atoms with van der Waals surface area (Å²) in [4.78, 5) is 27.5. The number of nitrogens with one attached hydrogen (secondary N) is 2. The molecule has 3 rings (SSSR count). The van der Waals surface area contributed by atoms with Crippen molar-refractivity contribution in [2.75, 3.05) is 5.32 Å². The van der Waals surface area contributed by atoms with Crippen molar-refractivity contribution in [3.05, 3.63) is 64.7 Å². The van der Waals surface area contributed by atoms with Crippen LogP contribution < -0.4 is 10.6 Å². The summed E-state index contributed by atoms with van der Waals surface area (Å²) in [7, 11) is 0. The lowest BCUT2D eigenvalue weighted by Gasteiger charge is -2.37. The van der Waals surface area contributed by atoms with Gasteiger partial charge in [0, 0.05) is 18.5 Å². The fraction of sp³-hybridized carbons (Fsp3) is 0.333. The average Bonchev–Trinajstić information content (AvgIpc) is 2.61. The van der Waals surface area contributed by atoms with Crippen LogP contribution in [0, 0.1) is 0 Å². The average molecular weight is 386 g/mol. The number of carbonyl (C=O) groups is 2. The van der Waals surface area contributed by atoms with Crippen LogP contribution in [0.3, 0.4) is 0 Å². The number of halogens is 1. The van der Waals surface area contributed by atoms with Crippen LogP contribution in [-0.4, -0.2) is 28.4 Å². The number of para-hydroxylation sites is 1. The highest BCUT2D eigenvalue weighted by molar-refractivity contribution is 6.33. The molecule has 2 aromatic carbocycles. The number of hydrogen-bond acceptors (Lipinski definition) is 2. The summed E-state index contributed by atoms with van der Waals surface area (Å²) in [6.07, 6.45) is 0.480. The second kappa shape index (κ2) is 7.61. The van der Waals surface area contributed by atoms with Crippen molar-refractivity contribution in [2.24, 2.45) is 0 Å². The van der Waals surface area contributed by atoms with Crippen LogP contribution >= 0.6 is 11.6 Å². The minimum Gasteiger partial charge on any atom is -0.350 e. The van der Waals surface area contributed by atoms with Crippen molar-refractivity contribution in [3.8, 4) is 0 Å². The summed E-state index contributed by atoms with van der Waals surface area (Å²) in [5, 5.41) is 6.28. The van der Waals surface area contributed by atoms with Crippen LogP contribution in [-0.2, 0) is 17.8 Å². The molecule has 0 aromatic heterocycles. The van der Waals surface area contributed by atoms with Crippen molar-refractivity contribution in [2.45, 2.75) is 45.3 Å². The monoisotopic (exact) mass is 385 g/mol. The van der Waals surface area contributed by atoms with E-state index in [-0.39, 0.29) is 17.5 Å². The van der Waals surface area contributed by atoms with Crippen molar-refractivity contribution < 1.29 is 9.59 Å². The highest BCUT2D eigenvalue weighted by atomic mass is 35.5. The highest BCUT2D eigenvalue weighted by Crippen LogP contribution is 2.26. The molecule has 5 nitrogen and oxygen atoms in total. The molecule has 2 aromatic rings. The van der Waals surface area contributed by atoms with Crippen molar-refractivity contribution >= 4 is 29.2 Å². The molecule has 1 aliphatic heterocycles. The van der Waals surface area contributed by atoms with Crippen molar-refractivity contribution in [1.29, 1.82) is 0 Å². The zero-order chi connectivity index (χ0) is 19.6. The number of hydrogen-bond donors (Lipinski definition) is 2. The summed E-state index contributed by atoms with van der Waals surface area (Å²) in [5.74, 6) is -0.161. The number of nitrogens with zero attached hydrogens (tertiary/aromatic N) is 1. The van der Waals surface area contributed by atoms with Crippen molar-refractivity contribution in [3.63, 3.8) is 0 Å². The molecule has 0 aliphatic carbocycles. The summed E-state index contributed by atoms with van der Waals surface area (Å²) in [5.41, 5.74) is 2.29. The SMILES string of the molecule is CC(C)(C)NC(=O)[C@H]1Cc2ccccc2CN1C(=O)Nc1ccccc1Cl. The molecule has 0 saturated carbocycles. The second-order valence-electron chi connectivity index (χ2n) is 7.77. The van der Waals surface area contributed by atoms with E-state index in [1.807, 2.05) is 45.0 Å². The maximum atomic E-state index is 13.0. The third-order valence-corrected chi connectivity index (χ3v) is 4.76. The van der Waals surface area contributed by atoms with Gasteiger partial charge < -0.3 is 15.5 Å². The van der Waals surface area contributed by atoms with Crippen LogP contribution in [0.4, 0.5) is 10.5 Å². The molecule has 0 radical (unpaired) electrons. The van der Waals surface area contributed by atoms with Gasteiger partial charge in [-0.15, -0.1) is 0 Å². The molecule has 3 amide bonds. The molecular weight excluding hydrogens is 362 g/mol. The molecule has 0 spiro atoms. The normalized spacial score (nSPS) is 16.4. The van der Waals surface area contributed by atoms with E-state index < -0.39 is 6.04 Å². The minimum atomic E-state index is -0.582. The van der Waals surface area contributed by atoms with E-state index in [0.717, 1.165) is 11.1 Å². The van der Waals surface area contributed by atoms with Gasteiger partial charge in [0.1, 0.15) is 6.04 Å².